The molecule has 0 N–H and O–H groups in total. The van der Waals surface area contributed by atoms with Crippen LogP contribution in [0, 0.1) is 0 Å². The van der Waals surface area contributed by atoms with Gasteiger partial charge in [-0.1, -0.05) is 18.2 Å². The van der Waals surface area contributed by atoms with Crippen molar-refractivity contribution >= 4 is 23.8 Å². The molecule has 2 aromatic rings. The van der Waals surface area contributed by atoms with Gasteiger partial charge >= 0.3 is 11.9 Å². The van der Waals surface area contributed by atoms with Gasteiger partial charge in [-0.2, -0.15) is 0 Å². The Bertz CT molecular complexity index is 1290. The van der Waals surface area contributed by atoms with Crippen LogP contribution in [0.3, 0.4) is 0 Å². The van der Waals surface area contributed by atoms with Gasteiger partial charge in [-0.05, 0) is 75.8 Å². The second-order valence-electron chi connectivity index (χ2n) is 10.5. The van der Waals surface area contributed by atoms with Crippen molar-refractivity contribution in [2.24, 2.45) is 0 Å². The fourth-order valence-corrected chi connectivity index (χ4v) is 5.25. The molecule has 8 nitrogen and oxygen atoms in total. The molecule has 0 amide bonds. The Hall–Kier alpha value is -3.81. The number of esters is 2. The lowest BCUT2D eigenvalue weighted by molar-refractivity contribution is -0.135. The summed E-state index contributed by atoms with van der Waals surface area (Å²) in [7, 11) is 3.07. The summed E-state index contributed by atoms with van der Waals surface area (Å²) in [5, 5.41) is 0. The van der Waals surface area contributed by atoms with Crippen LogP contribution in [0.1, 0.15) is 98.7 Å². The van der Waals surface area contributed by atoms with E-state index >= 15 is 0 Å². The molecule has 0 aromatic heterocycles. The topological polar surface area (TPSA) is 97.4 Å². The summed E-state index contributed by atoms with van der Waals surface area (Å²) in [5.74, 6) is 0.643. The fraction of sp³-hybridized carbons (Fsp3) is 0.469. The highest BCUT2D eigenvalue weighted by atomic mass is 16.6. The summed E-state index contributed by atoms with van der Waals surface area (Å²) in [6, 6.07) is 7.26. The number of allylic oxidation sites excluding steroid dienone is 1. The Labute approximate surface area is 235 Å². The minimum absolute atomic E-state index is 0.0397. The molecule has 0 fully saturated rings. The number of ether oxygens (including phenoxy) is 5. The summed E-state index contributed by atoms with van der Waals surface area (Å²) in [6.07, 6.45) is 7.00. The number of methoxy groups -OCH3 is 2. The van der Waals surface area contributed by atoms with Crippen molar-refractivity contribution in [2.45, 2.75) is 83.8 Å². The van der Waals surface area contributed by atoms with Crippen molar-refractivity contribution in [3.8, 4) is 23.0 Å². The first-order valence-corrected chi connectivity index (χ1v) is 13.9. The quantitative estimate of drug-likeness (QED) is 0.311. The van der Waals surface area contributed by atoms with Gasteiger partial charge in [0.05, 0.1) is 32.8 Å². The maximum absolute atomic E-state index is 13.6. The fourth-order valence-electron chi connectivity index (χ4n) is 5.25. The zero-order valence-electron chi connectivity index (χ0n) is 23.9. The van der Waals surface area contributed by atoms with Crippen molar-refractivity contribution in [1.82, 2.24) is 0 Å². The second kappa shape index (κ2) is 13.0. The number of ketones is 1. The molecule has 0 bridgehead atoms. The van der Waals surface area contributed by atoms with Crippen molar-refractivity contribution < 1.29 is 38.1 Å². The predicted molar refractivity (Wildman–Crippen MR) is 150 cm³/mol. The van der Waals surface area contributed by atoms with E-state index in [1.807, 2.05) is 45.0 Å². The molecule has 0 saturated heterocycles. The van der Waals surface area contributed by atoms with Gasteiger partial charge in [0, 0.05) is 24.3 Å². The van der Waals surface area contributed by atoms with E-state index in [4.69, 9.17) is 23.7 Å². The maximum atomic E-state index is 13.6. The largest absolute Gasteiger partial charge is 0.495 e. The molecule has 2 atom stereocenters. The first kappa shape index (κ1) is 29.2. The van der Waals surface area contributed by atoms with E-state index in [1.54, 1.807) is 19.3 Å². The summed E-state index contributed by atoms with van der Waals surface area (Å²) < 4.78 is 28.9. The van der Waals surface area contributed by atoms with Gasteiger partial charge < -0.3 is 23.7 Å². The van der Waals surface area contributed by atoms with Gasteiger partial charge in [0.25, 0.3) is 0 Å². The number of carbonyl (C=O) groups excluding carboxylic acids is 3. The number of carbonyl (C=O) groups is 3. The third kappa shape index (κ3) is 6.66. The number of Topliss-reactive ketones (excluding diaryl/α,β-unsaturated/α-hetero) is 1. The van der Waals surface area contributed by atoms with E-state index in [1.165, 1.54) is 7.11 Å². The monoisotopic (exact) mass is 550 g/mol. The molecule has 2 aromatic carbocycles. The third-order valence-electron chi connectivity index (χ3n) is 7.11. The van der Waals surface area contributed by atoms with Crippen LogP contribution in [0.2, 0.25) is 0 Å². The molecule has 40 heavy (non-hydrogen) atoms. The van der Waals surface area contributed by atoms with Crippen LogP contribution in [0.5, 0.6) is 23.0 Å². The van der Waals surface area contributed by atoms with Gasteiger partial charge in [-0.3, -0.25) is 9.59 Å². The zero-order valence-corrected chi connectivity index (χ0v) is 23.9. The van der Waals surface area contributed by atoms with Gasteiger partial charge in [0.15, 0.2) is 11.5 Å². The molecule has 0 saturated carbocycles. The smallest absolute Gasteiger partial charge is 0.342 e. The van der Waals surface area contributed by atoms with Crippen molar-refractivity contribution in [1.29, 1.82) is 0 Å². The van der Waals surface area contributed by atoms with E-state index in [9.17, 15) is 14.4 Å². The van der Waals surface area contributed by atoms with Crippen LogP contribution in [0.4, 0.5) is 0 Å². The zero-order chi connectivity index (χ0) is 28.8. The molecule has 0 aliphatic carbocycles. The number of rotatable bonds is 5. The molecular formula is C32H38O8. The van der Waals surface area contributed by atoms with E-state index in [2.05, 4.69) is 0 Å². The molecule has 1 unspecified atom stereocenters. The molecule has 0 radical (unpaired) electrons. The normalized spacial score (nSPS) is 20.1. The van der Waals surface area contributed by atoms with Crippen LogP contribution in [-0.4, -0.2) is 44.1 Å². The standard InChI is InChI=1S/C32H38O8/c1-19(2)38-25-15-14-21(16-26(25)36-4)24-18-28(34)40-27-17-22-11-7-6-8-12-23(33)13-9-10-20(3)39-32(35)29(22)31(37-5)30(24)27/h7,11,14-17,19-20,24H,6,8-10,12-13,18H2,1-5H3/t20-,24?/m0/s1. The van der Waals surface area contributed by atoms with Crippen LogP contribution in [0.15, 0.2) is 30.3 Å². The Morgan fingerprint density at radius 2 is 1.75 bits per heavy atom. The number of fused-ring (bicyclic) bond motifs is 2. The Morgan fingerprint density at radius 1 is 0.975 bits per heavy atom. The lowest BCUT2D eigenvalue weighted by Crippen LogP contribution is -2.24. The predicted octanol–water partition coefficient (Wildman–Crippen LogP) is 6.41. The lowest BCUT2D eigenvalue weighted by atomic mass is 9.83. The van der Waals surface area contributed by atoms with Crippen molar-refractivity contribution in [3.63, 3.8) is 0 Å². The minimum atomic E-state index is -0.524. The van der Waals surface area contributed by atoms with Crippen LogP contribution in [0.25, 0.3) is 6.08 Å². The van der Waals surface area contributed by atoms with Crippen molar-refractivity contribution in [2.75, 3.05) is 14.2 Å². The van der Waals surface area contributed by atoms with Gasteiger partial charge in [-0.15, -0.1) is 0 Å². The first-order valence-electron chi connectivity index (χ1n) is 13.9. The third-order valence-corrected chi connectivity index (χ3v) is 7.11. The van der Waals surface area contributed by atoms with Gasteiger partial charge in [-0.25, -0.2) is 4.79 Å². The molecule has 2 aliphatic heterocycles. The molecule has 2 aliphatic rings. The van der Waals surface area contributed by atoms with E-state index in [0.717, 1.165) is 12.0 Å². The van der Waals surface area contributed by atoms with Crippen LogP contribution < -0.4 is 18.9 Å². The minimum Gasteiger partial charge on any atom is -0.495 e. The molecule has 214 valence electrons. The lowest BCUT2D eigenvalue weighted by Gasteiger charge is -2.29. The van der Waals surface area contributed by atoms with Crippen LogP contribution >= 0.6 is 0 Å². The van der Waals surface area contributed by atoms with E-state index < -0.39 is 11.9 Å². The average molecular weight is 551 g/mol. The molecule has 4 rings (SSSR count). The molecule has 0 spiro atoms. The molecular weight excluding hydrogens is 512 g/mol. The van der Waals surface area contributed by atoms with Crippen LogP contribution in [-0.2, 0) is 14.3 Å². The van der Waals surface area contributed by atoms with Crippen molar-refractivity contribution in [3.05, 3.63) is 52.6 Å². The number of hydrogen-bond donors (Lipinski definition) is 0. The number of hydrogen-bond acceptors (Lipinski definition) is 8. The average Bonchev–Trinajstić information content (AvgIpc) is 2.90. The van der Waals surface area contributed by atoms with E-state index in [0.29, 0.717) is 66.2 Å². The number of benzene rings is 2. The van der Waals surface area contributed by atoms with Gasteiger partial charge in [0.2, 0.25) is 0 Å². The Balaban J connectivity index is 1.84. The molecule has 8 heteroatoms. The summed E-state index contributed by atoms with van der Waals surface area (Å²) in [4.78, 5) is 38.6. The van der Waals surface area contributed by atoms with E-state index in [-0.39, 0.29) is 35.9 Å². The second-order valence-corrected chi connectivity index (χ2v) is 10.5. The Kier molecular flexibility index (Phi) is 9.50. The molecule has 2 heterocycles. The van der Waals surface area contributed by atoms with Gasteiger partial charge in [0.1, 0.15) is 22.8 Å². The number of cyclic esters (lactones) is 1. The SMILES string of the molecule is COc1cc(C2CC(=O)Oc3cc4c(c(OC)c32)C(=O)O[C@@H](C)CCCC(=O)CCCC=C4)ccc1OC(C)C. The summed E-state index contributed by atoms with van der Waals surface area (Å²) in [6.45, 7) is 5.70. The highest BCUT2D eigenvalue weighted by Crippen LogP contribution is 2.48. The highest BCUT2D eigenvalue weighted by molar-refractivity contribution is 5.99. The summed E-state index contributed by atoms with van der Waals surface area (Å²) >= 11 is 0. The maximum Gasteiger partial charge on any atom is 0.342 e. The summed E-state index contributed by atoms with van der Waals surface area (Å²) in [5.41, 5.74) is 2.21. The Morgan fingerprint density at radius 3 is 2.48 bits per heavy atom. The highest BCUT2D eigenvalue weighted by Gasteiger charge is 2.36. The first-order chi connectivity index (χ1) is 19.2.